The first-order chi connectivity index (χ1) is 11.5. The number of ether oxygens (including phenoxy) is 1. The Morgan fingerprint density at radius 2 is 1.71 bits per heavy atom. The molecule has 0 unspecified atom stereocenters. The quantitative estimate of drug-likeness (QED) is 0.917. The number of halogens is 2. The number of nitrogens with zero attached hydrogens (tertiary/aromatic N) is 2. The lowest BCUT2D eigenvalue weighted by Gasteiger charge is -2.27. The van der Waals surface area contributed by atoms with E-state index in [-0.39, 0.29) is 37.5 Å². The van der Waals surface area contributed by atoms with Crippen LogP contribution in [0.2, 0.25) is 0 Å². The van der Waals surface area contributed by atoms with Gasteiger partial charge in [-0.15, -0.1) is 0 Å². The number of alkyl halides is 2. The van der Waals surface area contributed by atoms with E-state index in [2.05, 4.69) is 15.3 Å². The zero-order valence-electron chi connectivity index (χ0n) is 12.9. The number of nitrogens with one attached hydrogen (secondary N) is 1. The fraction of sp³-hybridized carbons (Fsp3) is 0.353. The van der Waals surface area contributed by atoms with Crippen molar-refractivity contribution in [3.8, 4) is 11.5 Å². The molecule has 1 aromatic carbocycles. The molecule has 7 heteroatoms. The van der Waals surface area contributed by atoms with Crippen LogP contribution in [0.4, 0.5) is 14.7 Å². The third-order valence-electron chi connectivity index (χ3n) is 3.93. The normalized spacial score (nSPS) is 17.2. The van der Waals surface area contributed by atoms with Gasteiger partial charge >= 0.3 is 0 Å². The van der Waals surface area contributed by atoms with Crippen molar-refractivity contribution in [2.24, 2.45) is 5.92 Å². The zero-order chi connectivity index (χ0) is 17.0. The molecule has 0 radical (unpaired) electrons. The average Bonchev–Trinajstić information content (AvgIpc) is 2.57. The van der Waals surface area contributed by atoms with Crippen LogP contribution in [0.5, 0.6) is 11.5 Å². The molecule has 1 saturated carbocycles. The Balaban J connectivity index is 1.55. The number of hydrogen-bond acceptors (Lipinski definition) is 4. The van der Waals surface area contributed by atoms with Crippen LogP contribution in [0.1, 0.15) is 25.7 Å². The van der Waals surface area contributed by atoms with Crippen LogP contribution < -0.4 is 10.1 Å². The number of aromatic nitrogens is 2. The van der Waals surface area contributed by atoms with Gasteiger partial charge in [-0.05, 0) is 25.0 Å². The molecule has 1 aliphatic rings. The van der Waals surface area contributed by atoms with Crippen molar-refractivity contribution in [3.63, 3.8) is 0 Å². The average molecular weight is 333 g/mol. The summed E-state index contributed by atoms with van der Waals surface area (Å²) >= 11 is 0. The third-order valence-corrected chi connectivity index (χ3v) is 3.93. The summed E-state index contributed by atoms with van der Waals surface area (Å²) in [7, 11) is 0. The SMILES string of the molecule is O=C(Nc1ncc(Oc2ccccc2)cn1)C1CCC(F)(F)CC1. The summed E-state index contributed by atoms with van der Waals surface area (Å²) in [6, 6.07) is 9.17. The predicted molar refractivity (Wildman–Crippen MR) is 84.1 cm³/mol. The Labute approximate surface area is 138 Å². The fourth-order valence-electron chi connectivity index (χ4n) is 2.57. The van der Waals surface area contributed by atoms with Crippen LogP contribution in [0.15, 0.2) is 42.7 Å². The molecule has 1 amide bonds. The number of para-hydroxylation sites is 1. The van der Waals surface area contributed by atoms with Crippen molar-refractivity contribution in [1.29, 1.82) is 0 Å². The maximum atomic E-state index is 13.1. The first kappa shape index (κ1) is 16.3. The van der Waals surface area contributed by atoms with Crippen molar-refractivity contribution >= 4 is 11.9 Å². The molecular formula is C17H17F2N3O2. The van der Waals surface area contributed by atoms with Gasteiger partial charge in [-0.1, -0.05) is 18.2 Å². The van der Waals surface area contributed by atoms with Crippen LogP contribution in [0.3, 0.4) is 0 Å². The number of carbonyl (C=O) groups is 1. The van der Waals surface area contributed by atoms with Gasteiger partial charge in [-0.25, -0.2) is 18.7 Å². The summed E-state index contributed by atoms with van der Waals surface area (Å²) in [5, 5.41) is 2.57. The molecule has 0 saturated heterocycles. The van der Waals surface area contributed by atoms with E-state index in [4.69, 9.17) is 4.74 Å². The molecule has 3 rings (SSSR count). The molecule has 24 heavy (non-hydrogen) atoms. The number of anilines is 1. The van der Waals surface area contributed by atoms with E-state index in [1.807, 2.05) is 18.2 Å². The van der Waals surface area contributed by atoms with Crippen molar-refractivity contribution < 1.29 is 18.3 Å². The summed E-state index contributed by atoms with van der Waals surface area (Å²) in [6.07, 6.45) is 2.74. The van der Waals surface area contributed by atoms with Crippen molar-refractivity contribution in [3.05, 3.63) is 42.7 Å². The largest absolute Gasteiger partial charge is 0.454 e. The van der Waals surface area contributed by atoms with Gasteiger partial charge in [0.05, 0.1) is 12.4 Å². The number of carbonyl (C=O) groups excluding carboxylic acids is 1. The molecule has 0 atom stereocenters. The van der Waals surface area contributed by atoms with Gasteiger partial charge in [-0.2, -0.15) is 0 Å². The minimum Gasteiger partial charge on any atom is -0.454 e. The van der Waals surface area contributed by atoms with Gasteiger partial charge in [0, 0.05) is 18.8 Å². The summed E-state index contributed by atoms with van der Waals surface area (Å²) in [5.74, 6) is -2.16. The van der Waals surface area contributed by atoms with Gasteiger partial charge in [0.1, 0.15) is 5.75 Å². The van der Waals surface area contributed by atoms with Crippen LogP contribution in [-0.2, 0) is 4.79 Å². The standard InChI is InChI=1S/C17H17F2N3O2/c18-17(19)8-6-12(7-9-17)15(23)22-16-20-10-14(11-21-16)24-13-4-2-1-3-5-13/h1-5,10-12H,6-9H2,(H,20,21,22,23). The number of benzene rings is 1. The van der Waals surface area contributed by atoms with Crippen LogP contribution in [0.25, 0.3) is 0 Å². The van der Waals surface area contributed by atoms with Gasteiger partial charge in [0.2, 0.25) is 17.8 Å². The third kappa shape index (κ3) is 4.24. The van der Waals surface area contributed by atoms with Gasteiger partial charge in [-0.3, -0.25) is 10.1 Å². The topological polar surface area (TPSA) is 64.1 Å². The Bertz CT molecular complexity index is 683. The molecule has 0 aliphatic heterocycles. The summed E-state index contributed by atoms with van der Waals surface area (Å²) in [4.78, 5) is 20.1. The second kappa shape index (κ2) is 6.90. The maximum Gasteiger partial charge on any atom is 0.248 e. The van der Waals surface area contributed by atoms with E-state index >= 15 is 0 Å². The Morgan fingerprint density at radius 3 is 2.33 bits per heavy atom. The summed E-state index contributed by atoms with van der Waals surface area (Å²) in [5.41, 5.74) is 0. The molecule has 1 aliphatic carbocycles. The highest BCUT2D eigenvalue weighted by molar-refractivity contribution is 5.90. The maximum absolute atomic E-state index is 13.1. The molecule has 1 fully saturated rings. The molecule has 1 aromatic heterocycles. The zero-order valence-corrected chi connectivity index (χ0v) is 12.9. The highest BCUT2D eigenvalue weighted by atomic mass is 19.3. The van der Waals surface area contributed by atoms with Crippen molar-refractivity contribution in [2.45, 2.75) is 31.6 Å². The molecule has 2 aromatic rings. The van der Waals surface area contributed by atoms with Crippen molar-refractivity contribution in [1.82, 2.24) is 9.97 Å². The fourth-order valence-corrected chi connectivity index (χ4v) is 2.57. The van der Waals surface area contributed by atoms with E-state index in [0.717, 1.165) is 0 Å². The van der Waals surface area contributed by atoms with Crippen LogP contribution >= 0.6 is 0 Å². The number of hydrogen-bond donors (Lipinski definition) is 1. The molecule has 0 spiro atoms. The first-order valence-electron chi connectivity index (χ1n) is 7.75. The van der Waals surface area contributed by atoms with Gasteiger partial charge in [0.15, 0.2) is 5.75 Å². The lowest BCUT2D eigenvalue weighted by molar-refractivity contribution is -0.124. The molecular weight excluding hydrogens is 316 g/mol. The molecule has 5 nitrogen and oxygen atoms in total. The minimum absolute atomic E-state index is 0.137. The Hall–Kier alpha value is -2.57. The molecule has 1 heterocycles. The second-order valence-corrected chi connectivity index (χ2v) is 5.78. The van der Waals surface area contributed by atoms with Crippen LogP contribution in [0, 0.1) is 5.92 Å². The van der Waals surface area contributed by atoms with E-state index in [1.165, 1.54) is 12.4 Å². The predicted octanol–water partition coefficient (Wildman–Crippen LogP) is 4.03. The number of amides is 1. The minimum atomic E-state index is -2.65. The van der Waals surface area contributed by atoms with Gasteiger partial charge in [0.25, 0.3) is 0 Å². The lowest BCUT2D eigenvalue weighted by atomic mass is 9.86. The second-order valence-electron chi connectivity index (χ2n) is 5.78. The summed E-state index contributed by atoms with van der Waals surface area (Å²) in [6.45, 7) is 0. The Morgan fingerprint density at radius 1 is 1.08 bits per heavy atom. The lowest BCUT2D eigenvalue weighted by Crippen LogP contribution is -2.32. The molecule has 1 N–H and O–H groups in total. The highest BCUT2D eigenvalue weighted by Crippen LogP contribution is 2.36. The Kier molecular flexibility index (Phi) is 4.69. The van der Waals surface area contributed by atoms with Crippen molar-refractivity contribution in [2.75, 3.05) is 5.32 Å². The monoisotopic (exact) mass is 333 g/mol. The van der Waals surface area contributed by atoms with E-state index < -0.39 is 11.8 Å². The van der Waals surface area contributed by atoms with Gasteiger partial charge < -0.3 is 4.74 Å². The summed E-state index contributed by atoms with van der Waals surface area (Å²) < 4.78 is 31.8. The highest BCUT2D eigenvalue weighted by Gasteiger charge is 2.37. The van der Waals surface area contributed by atoms with Crippen LogP contribution in [-0.4, -0.2) is 21.8 Å². The number of rotatable bonds is 4. The first-order valence-corrected chi connectivity index (χ1v) is 7.75. The smallest absolute Gasteiger partial charge is 0.248 e. The van der Waals surface area contributed by atoms with E-state index in [0.29, 0.717) is 11.5 Å². The molecule has 126 valence electrons. The van der Waals surface area contributed by atoms with E-state index in [1.54, 1.807) is 12.1 Å². The van der Waals surface area contributed by atoms with E-state index in [9.17, 15) is 13.6 Å². The molecule has 0 bridgehead atoms.